The first kappa shape index (κ1) is 10.0. The Kier molecular flexibility index (Phi) is 2.54. The zero-order valence-electron chi connectivity index (χ0n) is 8.96. The van der Waals surface area contributed by atoms with E-state index >= 15 is 0 Å². The molecule has 0 saturated heterocycles. The number of carboxylic acids is 1. The zero-order valence-corrected chi connectivity index (χ0v) is 8.96. The molecule has 2 fully saturated rings. The van der Waals surface area contributed by atoms with E-state index in [2.05, 4.69) is 6.92 Å². The molecule has 1 N–H and O–H groups in total. The summed E-state index contributed by atoms with van der Waals surface area (Å²) < 4.78 is 0. The molecule has 0 bridgehead atoms. The Labute approximate surface area is 85.7 Å². The van der Waals surface area contributed by atoms with E-state index in [1.807, 2.05) is 0 Å². The van der Waals surface area contributed by atoms with E-state index in [-0.39, 0.29) is 0 Å². The Morgan fingerprint density at radius 1 is 1.43 bits per heavy atom. The van der Waals surface area contributed by atoms with Crippen molar-refractivity contribution in [3.63, 3.8) is 0 Å². The van der Waals surface area contributed by atoms with Gasteiger partial charge >= 0.3 is 5.97 Å². The Bertz CT molecular complexity index is 228. The van der Waals surface area contributed by atoms with Gasteiger partial charge in [-0.2, -0.15) is 0 Å². The van der Waals surface area contributed by atoms with E-state index in [1.165, 1.54) is 38.5 Å². The zero-order chi connectivity index (χ0) is 10.2. The SMILES string of the molecule is CC(CC(=O)O)C1CC12CCCCC2. The fourth-order valence-electron chi connectivity index (χ4n) is 3.43. The molecular formula is C12H20O2. The third-order valence-corrected chi connectivity index (χ3v) is 4.29. The van der Waals surface area contributed by atoms with Crippen molar-refractivity contribution in [3.8, 4) is 0 Å². The molecule has 2 nitrogen and oxygen atoms in total. The molecule has 0 amide bonds. The van der Waals surface area contributed by atoms with Gasteiger partial charge in [0.15, 0.2) is 0 Å². The van der Waals surface area contributed by atoms with Crippen LogP contribution in [0.15, 0.2) is 0 Å². The number of carboxylic acid groups (broad SMARTS) is 1. The smallest absolute Gasteiger partial charge is 0.303 e. The fourth-order valence-corrected chi connectivity index (χ4v) is 3.43. The van der Waals surface area contributed by atoms with Crippen molar-refractivity contribution < 1.29 is 9.90 Å². The molecule has 80 valence electrons. The van der Waals surface area contributed by atoms with Crippen LogP contribution in [0.3, 0.4) is 0 Å². The predicted octanol–water partition coefficient (Wildman–Crippen LogP) is 3.07. The molecule has 0 aromatic heterocycles. The highest BCUT2D eigenvalue weighted by Crippen LogP contribution is 2.64. The van der Waals surface area contributed by atoms with Crippen molar-refractivity contribution in [2.75, 3.05) is 0 Å². The largest absolute Gasteiger partial charge is 0.481 e. The maximum absolute atomic E-state index is 10.6. The molecule has 0 aliphatic heterocycles. The van der Waals surface area contributed by atoms with Gasteiger partial charge in [-0.1, -0.05) is 26.2 Å². The first-order chi connectivity index (χ1) is 6.64. The lowest BCUT2D eigenvalue weighted by molar-refractivity contribution is -0.138. The van der Waals surface area contributed by atoms with Gasteiger partial charge in [-0.3, -0.25) is 4.79 Å². The molecule has 2 aliphatic rings. The van der Waals surface area contributed by atoms with Crippen LogP contribution in [0.1, 0.15) is 51.9 Å². The molecule has 14 heavy (non-hydrogen) atoms. The summed E-state index contributed by atoms with van der Waals surface area (Å²) >= 11 is 0. The van der Waals surface area contributed by atoms with Gasteiger partial charge in [-0.05, 0) is 36.5 Å². The maximum atomic E-state index is 10.6. The molecule has 0 aromatic rings. The molecule has 2 atom stereocenters. The van der Waals surface area contributed by atoms with Gasteiger partial charge in [-0.15, -0.1) is 0 Å². The average molecular weight is 196 g/mol. The summed E-state index contributed by atoms with van der Waals surface area (Å²) in [5.74, 6) is 0.486. The van der Waals surface area contributed by atoms with E-state index in [1.54, 1.807) is 0 Å². The second-order valence-electron chi connectivity index (χ2n) is 5.31. The van der Waals surface area contributed by atoms with Gasteiger partial charge in [-0.25, -0.2) is 0 Å². The Morgan fingerprint density at radius 2 is 2.07 bits per heavy atom. The van der Waals surface area contributed by atoms with Crippen molar-refractivity contribution in [1.82, 2.24) is 0 Å². The summed E-state index contributed by atoms with van der Waals surface area (Å²) in [4.78, 5) is 10.6. The van der Waals surface area contributed by atoms with E-state index in [4.69, 9.17) is 5.11 Å². The van der Waals surface area contributed by atoms with Gasteiger partial charge in [0, 0.05) is 6.42 Å². The number of rotatable bonds is 3. The second kappa shape index (κ2) is 3.56. The molecular weight excluding hydrogens is 176 g/mol. The summed E-state index contributed by atoms with van der Waals surface area (Å²) in [6.07, 6.45) is 8.53. The highest BCUT2D eigenvalue weighted by atomic mass is 16.4. The van der Waals surface area contributed by atoms with Crippen molar-refractivity contribution in [1.29, 1.82) is 0 Å². The van der Waals surface area contributed by atoms with Crippen LogP contribution in [0, 0.1) is 17.3 Å². The third kappa shape index (κ3) is 1.79. The monoisotopic (exact) mass is 196 g/mol. The molecule has 0 heterocycles. The fraction of sp³-hybridized carbons (Fsp3) is 0.917. The lowest BCUT2D eigenvalue weighted by atomic mass is 9.81. The van der Waals surface area contributed by atoms with Crippen LogP contribution in [-0.2, 0) is 4.79 Å². The van der Waals surface area contributed by atoms with Crippen LogP contribution in [0.25, 0.3) is 0 Å². The molecule has 0 radical (unpaired) electrons. The van der Waals surface area contributed by atoms with Crippen LogP contribution in [-0.4, -0.2) is 11.1 Å². The molecule has 2 rings (SSSR count). The quantitative estimate of drug-likeness (QED) is 0.753. The second-order valence-corrected chi connectivity index (χ2v) is 5.31. The standard InChI is InChI=1S/C12H20O2/c1-9(7-11(13)14)10-8-12(10)5-3-2-4-6-12/h9-10H,2-8H2,1H3,(H,13,14). The minimum atomic E-state index is -0.629. The van der Waals surface area contributed by atoms with Gasteiger partial charge in [0.2, 0.25) is 0 Å². The van der Waals surface area contributed by atoms with Crippen LogP contribution in [0.4, 0.5) is 0 Å². The summed E-state index contributed by atoms with van der Waals surface area (Å²) in [6, 6.07) is 0. The molecule has 2 unspecified atom stereocenters. The van der Waals surface area contributed by atoms with Crippen molar-refractivity contribution in [3.05, 3.63) is 0 Å². The van der Waals surface area contributed by atoms with Crippen molar-refractivity contribution >= 4 is 5.97 Å². The van der Waals surface area contributed by atoms with Gasteiger partial charge in [0.05, 0.1) is 0 Å². The molecule has 1 spiro atoms. The van der Waals surface area contributed by atoms with E-state index in [0.717, 1.165) is 5.92 Å². The minimum absolute atomic E-state index is 0.367. The van der Waals surface area contributed by atoms with Crippen LogP contribution < -0.4 is 0 Å². The van der Waals surface area contributed by atoms with Gasteiger partial charge in [0.1, 0.15) is 0 Å². The van der Waals surface area contributed by atoms with E-state index < -0.39 is 5.97 Å². The van der Waals surface area contributed by atoms with Crippen LogP contribution in [0.5, 0.6) is 0 Å². The summed E-state index contributed by atoms with van der Waals surface area (Å²) in [7, 11) is 0. The Hall–Kier alpha value is -0.530. The molecule has 0 aromatic carbocycles. The summed E-state index contributed by atoms with van der Waals surface area (Å²) in [5.41, 5.74) is 0.590. The molecule has 2 aliphatic carbocycles. The number of carbonyl (C=O) groups is 1. The van der Waals surface area contributed by atoms with E-state index in [9.17, 15) is 4.79 Å². The van der Waals surface area contributed by atoms with Crippen LogP contribution >= 0.6 is 0 Å². The first-order valence-corrected chi connectivity index (χ1v) is 5.86. The predicted molar refractivity (Wildman–Crippen MR) is 55.0 cm³/mol. The Balaban J connectivity index is 1.87. The van der Waals surface area contributed by atoms with Crippen LogP contribution in [0.2, 0.25) is 0 Å². The van der Waals surface area contributed by atoms with E-state index in [0.29, 0.717) is 17.8 Å². The molecule has 2 heteroatoms. The Morgan fingerprint density at radius 3 is 2.64 bits per heavy atom. The molecule has 2 saturated carbocycles. The van der Waals surface area contributed by atoms with Crippen molar-refractivity contribution in [2.45, 2.75) is 51.9 Å². The third-order valence-electron chi connectivity index (χ3n) is 4.29. The lowest BCUT2D eigenvalue weighted by Gasteiger charge is -2.24. The normalized spacial score (nSPS) is 31.4. The summed E-state index contributed by atoms with van der Waals surface area (Å²) in [6.45, 7) is 2.11. The number of aliphatic carboxylic acids is 1. The maximum Gasteiger partial charge on any atom is 0.303 e. The lowest BCUT2D eigenvalue weighted by Crippen LogP contribution is -2.15. The highest BCUT2D eigenvalue weighted by molar-refractivity contribution is 5.67. The van der Waals surface area contributed by atoms with Crippen molar-refractivity contribution in [2.24, 2.45) is 17.3 Å². The number of hydrogen-bond acceptors (Lipinski definition) is 1. The first-order valence-electron chi connectivity index (χ1n) is 5.86. The topological polar surface area (TPSA) is 37.3 Å². The van der Waals surface area contributed by atoms with Gasteiger partial charge in [0.25, 0.3) is 0 Å². The summed E-state index contributed by atoms with van der Waals surface area (Å²) in [5, 5.41) is 8.75. The minimum Gasteiger partial charge on any atom is -0.481 e. The number of hydrogen-bond donors (Lipinski definition) is 1. The highest BCUT2D eigenvalue weighted by Gasteiger charge is 2.55. The average Bonchev–Trinajstić information content (AvgIpc) is 2.80. The van der Waals surface area contributed by atoms with Gasteiger partial charge < -0.3 is 5.11 Å².